The third-order valence-electron chi connectivity index (χ3n) is 4.24. The summed E-state index contributed by atoms with van der Waals surface area (Å²) in [6, 6.07) is 0. The molecule has 0 amide bonds. The van der Waals surface area contributed by atoms with E-state index in [1.165, 1.54) is 83.6 Å². The summed E-state index contributed by atoms with van der Waals surface area (Å²) in [5.74, 6) is 0. The summed E-state index contributed by atoms with van der Waals surface area (Å²) < 4.78 is 0. The molecule has 0 aromatic heterocycles. The van der Waals surface area contributed by atoms with Crippen LogP contribution in [0.25, 0.3) is 0 Å². The van der Waals surface area contributed by atoms with Crippen LogP contribution < -0.4 is 0 Å². The Morgan fingerprint density at radius 1 is 0.714 bits per heavy atom. The predicted octanol–water partition coefficient (Wildman–Crippen LogP) is 5.52. The van der Waals surface area contributed by atoms with Crippen LogP contribution in [-0.2, 0) is 0 Å². The molecule has 126 valence electrons. The largest absolute Gasteiger partial charge is 0.362 e. The molecule has 1 aliphatic heterocycles. The molecular weight excluding hydrogens is 263 g/mol. The van der Waals surface area contributed by atoms with Crippen LogP contribution in [0.2, 0.25) is 0 Å². The smallest absolute Gasteiger partial charge is 0.0890 e. The summed E-state index contributed by atoms with van der Waals surface area (Å²) in [5.41, 5.74) is 0. The SMILES string of the molecule is CCCCCCCCCCCCCCN1C=CN(C)C1.F. The van der Waals surface area contributed by atoms with Crippen LogP contribution in [0.15, 0.2) is 12.4 Å². The Morgan fingerprint density at radius 3 is 1.62 bits per heavy atom. The van der Waals surface area contributed by atoms with E-state index in [1.54, 1.807) is 0 Å². The van der Waals surface area contributed by atoms with Gasteiger partial charge in [0.15, 0.2) is 0 Å². The van der Waals surface area contributed by atoms with E-state index in [0.29, 0.717) is 0 Å². The zero-order valence-electron chi connectivity index (χ0n) is 14.4. The fourth-order valence-corrected chi connectivity index (χ4v) is 2.89. The molecule has 0 atom stereocenters. The first kappa shape index (κ1) is 20.3. The minimum atomic E-state index is 0. The maximum absolute atomic E-state index is 2.41. The molecule has 21 heavy (non-hydrogen) atoms. The molecule has 1 heterocycles. The summed E-state index contributed by atoms with van der Waals surface area (Å²) in [5, 5.41) is 0. The molecule has 0 aromatic rings. The van der Waals surface area contributed by atoms with Gasteiger partial charge in [0.05, 0.1) is 6.67 Å². The van der Waals surface area contributed by atoms with Crippen molar-refractivity contribution in [3.8, 4) is 0 Å². The van der Waals surface area contributed by atoms with Crippen molar-refractivity contribution >= 4 is 0 Å². The Kier molecular flexibility index (Phi) is 13.7. The summed E-state index contributed by atoms with van der Waals surface area (Å²) in [6.07, 6.45) is 21.6. The minimum absolute atomic E-state index is 0. The highest BCUT2D eigenvalue weighted by Crippen LogP contribution is 2.12. The average Bonchev–Trinajstić information content (AvgIpc) is 2.86. The molecule has 0 bridgehead atoms. The van der Waals surface area contributed by atoms with E-state index in [-0.39, 0.29) is 4.70 Å². The van der Waals surface area contributed by atoms with E-state index in [0.717, 1.165) is 6.67 Å². The predicted molar refractivity (Wildman–Crippen MR) is 92.1 cm³/mol. The third kappa shape index (κ3) is 11.6. The molecule has 0 N–H and O–H groups in total. The van der Waals surface area contributed by atoms with Crippen molar-refractivity contribution in [2.45, 2.75) is 84.0 Å². The highest BCUT2D eigenvalue weighted by atomic mass is 19.0. The van der Waals surface area contributed by atoms with Crippen molar-refractivity contribution in [2.75, 3.05) is 20.3 Å². The number of hydrogen-bond donors (Lipinski definition) is 0. The van der Waals surface area contributed by atoms with Crippen LogP contribution in [0.3, 0.4) is 0 Å². The number of hydrogen-bond acceptors (Lipinski definition) is 2. The number of nitrogens with zero attached hydrogens (tertiary/aromatic N) is 2. The van der Waals surface area contributed by atoms with Gasteiger partial charge in [-0.2, -0.15) is 0 Å². The summed E-state index contributed by atoms with van der Waals surface area (Å²) in [4.78, 5) is 4.65. The van der Waals surface area contributed by atoms with E-state index in [2.05, 4.69) is 36.2 Å². The first-order chi connectivity index (χ1) is 9.83. The van der Waals surface area contributed by atoms with Crippen molar-refractivity contribution in [1.82, 2.24) is 9.80 Å². The molecule has 2 nitrogen and oxygen atoms in total. The maximum Gasteiger partial charge on any atom is 0.0890 e. The molecule has 0 fully saturated rings. The quantitative estimate of drug-likeness (QED) is 0.413. The van der Waals surface area contributed by atoms with Gasteiger partial charge < -0.3 is 9.80 Å². The van der Waals surface area contributed by atoms with Crippen molar-refractivity contribution < 1.29 is 4.70 Å². The molecule has 1 rings (SSSR count). The van der Waals surface area contributed by atoms with Gasteiger partial charge in [-0.1, -0.05) is 77.6 Å². The molecular formula is C18H37FN2. The van der Waals surface area contributed by atoms with E-state index in [1.807, 2.05) is 0 Å². The average molecular weight is 301 g/mol. The van der Waals surface area contributed by atoms with Crippen molar-refractivity contribution in [3.63, 3.8) is 0 Å². The Morgan fingerprint density at radius 2 is 1.19 bits per heavy atom. The summed E-state index contributed by atoms with van der Waals surface area (Å²) in [6.45, 7) is 4.61. The van der Waals surface area contributed by atoms with E-state index in [4.69, 9.17) is 0 Å². The van der Waals surface area contributed by atoms with E-state index in [9.17, 15) is 0 Å². The van der Waals surface area contributed by atoms with E-state index >= 15 is 0 Å². The lowest BCUT2D eigenvalue weighted by molar-refractivity contribution is 0.290. The van der Waals surface area contributed by atoms with Crippen LogP contribution >= 0.6 is 0 Å². The van der Waals surface area contributed by atoms with Gasteiger partial charge in [0.2, 0.25) is 0 Å². The first-order valence-corrected chi connectivity index (χ1v) is 8.95. The Labute approximate surface area is 131 Å². The second-order valence-electron chi connectivity index (χ2n) is 6.40. The van der Waals surface area contributed by atoms with Crippen LogP contribution in [0.4, 0.5) is 4.70 Å². The Bertz CT molecular complexity index is 243. The lowest BCUT2D eigenvalue weighted by atomic mass is 10.1. The fraction of sp³-hybridized carbons (Fsp3) is 0.889. The second kappa shape index (κ2) is 14.2. The van der Waals surface area contributed by atoms with Gasteiger partial charge >= 0.3 is 0 Å². The number of halogens is 1. The monoisotopic (exact) mass is 300 g/mol. The lowest BCUT2D eigenvalue weighted by Gasteiger charge is -2.17. The van der Waals surface area contributed by atoms with Crippen LogP contribution in [0.1, 0.15) is 84.0 Å². The van der Waals surface area contributed by atoms with Gasteiger partial charge in [0, 0.05) is 26.0 Å². The minimum Gasteiger partial charge on any atom is -0.362 e. The Hall–Kier alpha value is -0.730. The zero-order valence-corrected chi connectivity index (χ0v) is 14.4. The molecule has 3 heteroatoms. The third-order valence-corrected chi connectivity index (χ3v) is 4.24. The van der Waals surface area contributed by atoms with Crippen molar-refractivity contribution in [1.29, 1.82) is 0 Å². The highest BCUT2D eigenvalue weighted by Gasteiger charge is 2.06. The van der Waals surface area contributed by atoms with Gasteiger partial charge in [-0.25, -0.2) is 0 Å². The lowest BCUT2D eigenvalue weighted by Crippen LogP contribution is -2.23. The van der Waals surface area contributed by atoms with Gasteiger partial charge in [0.25, 0.3) is 0 Å². The topological polar surface area (TPSA) is 6.48 Å². The number of unbranched alkanes of at least 4 members (excludes halogenated alkanes) is 11. The van der Waals surface area contributed by atoms with Crippen LogP contribution in [0.5, 0.6) is 0 Å². The molecule has 1 aliphatic rings. The zero-order chi connectivity index (χ0) is 14.5. The number of rotatable bonds is 13. The second-order valence-corrected chi connectivity index (χ2v) is 6.40. The van der Waals surface area contributed by atoms with Gasteiger partial charge in [0.1, 0.15) is 0 Å². The summed E-state index contributed by atoms with van der Waals surface area (Å²) in [7, 11) is 2.14. The fourth-order valence-electron chi connectivity index (χ4n) is 2.89. The Balaban J connectivity index is 0.00000400. The molecule has 0 spiro atoms. The van der Waals surface area contributed by atoms with Gasteiger partial charge in [-0.3, -0.25) is 4.70 Å². The van der Waals surface area contributed by atoms with E-state index < -0.39 is 0 Å². The molecule has 0 saturated carbocycles. The first-order valence-electron chi connectivity index (χ1n) is 8.95. The molecule has 0 aromatic carbocycles. The van der Waals surface area contributed by atoms with Crippen LogP contribution in [0, 0.1) is 0 Å². The van der Waals surface area contributed by atoms with Crippen molar-refractivity contribution in [3.05, 3.63) is 12.4 Å². The van der Waals surface area contributed by atoms with Crippen LogP contribution in [-0.4, -0.2) is 30.1 Å². The van der Waals surface area contributed by atoms with Gasteiger partial charge in [-0.15, -0.1) is 0 Å². The molecule has 0 unspecified atom stereocenters. The molecule has 0 saturated heterocycles. The van der Waals surface area contributed by atoms with Crippen molar-refractivity contribution in [2.24, 2.45) is 0 Å². The summed E-state index contributed by atoms with van der Waals surface area (Å²) >= 11 is 0. The van der Waals surface area contributed by atoms with Gasteiger partial charge in [-0.05, 0) is 6.42 Å². The normalized spacial score (nSPS) is 13.8. The molecule has 0 radical (unpaired) electrons. The maximum atomic E-state index is 2.41. The standard InChI is InChI=1S/C18H36N2.FH/c1-3-4-5-6-7-8-9-10-11-12-13-14-15-20-17-16-19(2)18-20;/h16-17H,3-15,18H2,1-2H3;1H. The molecule has 0 aliphatic carbocycles. The highest BCUT2D eigenvalue weighted by molar-refractivity contribution is 4.88.